The van der Waals surface area contributed by atoms with E-state index in [9.17, 15) is 15.3 Å². The zero-order valence-corrected chi connectivity index (χ0v) is 49.0. The molecule has 10 bridgehead atoms. The minimum atomic E-state index is -1.62. The van der Waals surface area contributed by atoms with Gasteiger partial charge in [0.15, 0.2) is 6.29 Å². The Bertz CT molecular complexity index is 2280. The lowest BCUT2D eigenvalue weighted by Gasteiger charge is -2.51. The molecule has 4 N–H and O–H groups in total. The highest BCUT2D eigenvalue weighted by molar-refractivity contribution is 5.73. The molecule has 6 aliphatic rings. The molecule has 20 heteroatoms. The van der Waals surface area contributed by atoms with Gasteiger partial charge in [-0.05, 0) is 91.6 Å². The average molecular weight is 1090 g/mol. The number of benzene rings is 1. The minimum absolute atomic E-state index is 0.0179. The Balaban J connectivity index is 1.34. The fourth-order valence-electron chi connectivity index (χ4n) is 13.7. The van der Waals surface area contributed by atoms with Gasteiger partial charge in [-0.15, -0.1) is 10.6 Å². The van der Waals surface area contributed by atoms with Crippen molar-refractivity contribution in [3.63, 3.8) is 0 Å². The number of carbonyl (C=O) groups excluding carboxylic acids is 1. The SMILES string of the molecule is CC[C@H]1OC(=O)[C@H](C)C([C@H]2C[C@@](C)(OC)[C@@H](O)[C@H](C)O2)[C@H](C)[C@H]2O[C@H]3C[C@H](C[C@@H](C)O3)N(C)CCC3=CN(NN3C)[C@H](CF)[C@H](OC)c3ccc(cc3)-n3cc(nn3)COCC(C)(CN(C)[C@H](C)[C@@H](O)C1(C)C)C[C@@]2(C)O. The molecule has 1 aromatic heterocycles. The summed E-state index contributed by atoms with van der Waals surface area (Å²) < 4.78 is 63.0. The van der Waals surface area contributed by atoms with Crippen molar-refractivity contribution in [3.8, 4) is 5.69 Å². The van der Waals surface area contributed by atoms with Crippen LogP contribution in [0.15, 0.2) is 42.4 Å². The molecule has 0 saturated carbocycles. The minimum Gasteiger partial charge on any atom is -0.461 e. The Kier molecular flexibility index (Phi) is 19.7. The summed E-state index contributed by atoms with van der Waals surface area (Å²) in [4.78, 5) is 19.4. The van der Waals surface area contributed by atoms with Gasteiger partial charge in [-0.1, -0.05) is 58.9 Å². The van der Waals surface area contributed by atoms with Gasteiger partial charge in [0.25, 0.3) is 0 Å². The highest BCUT2D eigenvalue weighted by atomic mass is 19.1. The van der Waals surface area contributed by atoms with E-state index in [-0.39, 0.29) is 38.2 Å². The maximum atomic E-state index is 15.2. The number of halogens is 1. The molecule has 0 radical (unpaired) electrons. The van der Waals surface area contributed by atoms with Gasteiger partial charge in [0.05, 0.1) is 72.7 Å². The number of hydrogen-bond donors (Lipinski definition) is 4. The molecule has 2 aromatic rings. The van der Waals surface area contributed by atoms with Gasteiger partial charge in [0.1, 0.15) is 36.7 Å². The van der Waals surface area contributed by atoms with Crippen molar-refractivity contribution in [1.29, 1.82) is 0 Å². The number of carbonyl (C=O) groups is 1. The van der Waals surface area contributed by atoms with Crippen LogP contribution in [0.25, 0.3) is 5.69 Å². The second kappa shape index (κ2) is 24.8. The van der Waals surface area contributed by atoms with E-state index in [1.807, 2.05) is 118 Å². The van der Waals surface area contributed by atoms with Crippen LogP contribution in [0.4, 0.5) is 4.39 Å². The number of rotatable bonds is 5. The van der Waals surface area contributed by atoms with Crippen LogP contribution in [0.2, 0.25) is 0 Å². The molecule has 8 rings (SSSR count). The molecule has 0 amide bonds. The number of fused-ring (bicyclic) bond motifs is 7. The third-order valence-corrected chi connectivity index (χ3v) is 18.3. The van der Waals surface area contributed by atoms with Crippen LogP contribution in [0.5, 0.6) is 0 Å². The van der Waals surface area contributed by atoms with Gasteiger partial charge in [-0.2, -0.15) is 0 Å². The highest BCUT2D eigenvalue weighted by Gasteiger charge is 2.55. The number of nitrogens with zero attached hydrogens (tertiary/aromatic N) is 7. The van der Waals surface area contributed by atoms with Crippen LogP contribution >= 0.6 is 0 Å². The molecular weight excluding hydrogens is 992 g/mol. The van der Waals surface area contributed by atoms with Crippen LogP contribution in [0.1, 0.15) is 132 Å². The summed E-state index contributed by atoms with van der Waals surface area (Å²) in [5.74, 6) is -2.53. The predicted molar refractivity (Wildman–Crippen MR) is 288 cm³/mol. The number of ether oxygens (including phenoxy) is 7. The van der Waals surface area contributed by atoms with E-state index in [0.717, 1.165) is 23.4 Å². The molecule has 1 aromatic carbocycles. The van der Waals surface area contributed by atoms with Crippen molar-refractivity contribution < 1.29 is 57.7 Å². The molecule has 7 heterocycles. The Hall–Kier alpha value is -3.38. The standard InChI is InChI=1S/C57H95FN8O11/c1-17-46-54(7,8)50(67)37(5)63(13)32-55(9)31-56(10,70)52(35(3)48(36(4)53(69)76-46)45-26-57(11,72-16)51(68)38(6)75-45)77-47-25-43(24-34(2)74-47)62(12)23-22-42-29-66(61-64(42)14)44(27-58)49(71-15)39-18-20-41(21-19-39)65-28-40(59-60-65)30-73-33-55/h18-21,28-29,34-38,43-52,61,67-68,70H,17,22-27,30-33H2,1-16H3/t34-,35+,36-,37-,38+,43+,44-,45-,46-,47+,48?,49-,50-,51+,52-,55?,56-,57-/m1/s1. The first-order valence-electron chi connectivity index (χ1n) is 28.1. The Morgan fingerprint density at radius 2 is 1.64 bits per heavy atom. The van der Waals surface area contributed by atoms with Crippen molar-refractivity contribution in [3.05, 3.63) is 53.6 Å². The molecule has 19 nitrogen and oxygen atoms in total. The number of esters is 1. The van der Waals surface area contributed by atoms with Crippen LogP contribution in [0, 0.1) is 28.6 Å². The zero-order chi connectivity index (χ0) is 56.5. The monoisotopic (exact) mass is 1090 g/mol. The summed E-state index contributed by atoms with van der Waals surface area (Å²) in [5.41, 5.74) is 2.11. The lowest BCUT2D eigenvalue weighted by atomic mass is 9.67. The third kappa shape index (κ3) is 13.4. The molecule has 77 heavy (non-hydrogen) atoms. The van der Waals surface area contributed by atoms with Crippen molar-refractivity contribution in [1.82, 2.24) is 40.3 Å². The summed E-state index contributed by atoms with van der Waals surface area (Å²) in [6.07, 6.45) is 0.0578. The number of aromatic nitrogens is 3. The number of hydrazine groups is 2. The first kappa shape index (κ1) is 61.2. The summed E-state index contributed by atoms with van der Waals surface area (Å²) in [7, 11) is 9.16. The van der Waals surface area contributed by atoms with Crippen molar-refractivity contribution in [2.75, 3.05) is 61.7 Å². The smallest absolute Gasteiger partial charge is 0.309 e. The second-order valence-electron chi connectivity index (χ2n) is 25.0. The molecule has 2 unspecified atom stereocenters. The van der Waals surface area contributed by atoms with Gasteiger partial charge < -0.3 is 58.3 Å². The quantitative estimate of drug-likeness (QED) is 0.256. The molecule has 3 fully saturated rings. The Morgan fingerprint density at radius 3 is 2.29 bits per heavy atom. The van der Waals surface area contributed by atoms with E-state index >= 15 is 9.18 Å². The molecule has 0 aliphatic carbocycles. The largest absolute Gasteiger partial charge is 0.461 e. The molecule has 6 aliphatic heterocycles. The van der Waals surface area contributed by atoms with Crippen LogP contribution in [0.3, 0.4) is 0 Å². The number of nitrogens with one attached hydrogen (secondary N) is 1. The fraction of sp³-hybridized carbons (Fsp3) is 0.807. The van der Waals surface area contributed by atoms with Gasteiger partial charge in [0, 0.05) is 94.3 Å². The number of aliphatic hydroxyl groups is 3. The summed E-state index contributed by atoms with van der Waals surface area (Å²) >= 11 is 0. The third-order valence-electron chi connectivity index (χ3n) is 18.3. The number of aliphatic hydroxyl groups excluding tert-OH is 2. The Morgan fingerprint density at radius 1 is 0.935 bits per heavy atom. The topological polar surface area (TPSA) is 198 Å². The number of methoxy groups -OCH3 is 2. The number of likely N-dealkylation sites (N-methyl/N-ethyl adjacent to an activating group) is 1. The predicted octanol–water partition coefficient (Wildman–Crippen LogP) is 5.95. The van der Waals surface area contributed by atoms with Gasteiger partial charge in [0.2, 0.25) is 0 Å². The van der Waals surface area contributed by atoms with E-state index in [4.69, 9.17) is 33.2 Å². The first-order chi connectivity index (χ1) is 36.2. The summed E-state index contributed by atoms with van der Waals surface area (Å²) in [6.45, 7) is 22.0. The normalized spacial score (nSPS) is 40.9. The zero-order valence-electron chi connectivity index (χ0n) is 49.0. The molecule has 3 saturated heterocycles. The number of alkyl halides is 1. The molecule has 436 valence electrons. The average Bonchev–Trinajstić information content (AvgIpc) is 4.01. The van der Waals surface area contributed by atoms with Crippen LogP contribution < -0.4 is 5.53 Å². The number of cyclic esters (lactones) is 1. The molecule has 0 spiro atoms. The fourth-order valence-corrected chi connectivity index (χ4v) is 13.7. The summed E-state index contributed by atoms with van der Waals surface area (Å²) in [6, 6.07) is 6.57. The van der Waals surface area contributed by atoms with E-state index in [1.54, 1.807) is 30.8 Å². The van der Waals surface area contributed by atoms with Crippen LogP contribution in [-0.2, 0) is 44.6 Å². The van der Waals surface area contributed by atoms with Crippen LogP contribution in [-0.4, -0.2) is 196 Å². The molecule has 18 atom stereocenters. The lowest BCUT2D eigenvalue weighted by Crippen LogP contribution is -2.61. The number of hydrogen-bond acceptors (Lipinski definition) is 18. The second-order valence-corrected chi connectivity index (χ2v) is 25.0. The van der Waals surface area contributed by atoms with Crippen molar-refractivity contribution in [2.45, 2.75) is 206 Å². The van der Waals surface area contributed by atoms with E-state index in [0.29, 0.717) is 38.0 Å². The Labute approximate surface area is 457 Å². The molecular formula is C57H95FN8O11. The van der Waals surface area contributed by atoms with Gasteiger partial charge >= 0.3 is 5.97 Å². The first-order valence-corrected chi connectivity index (χ1v) is 28.1. The maximum absolute atomic E-state index is 15.2. The van der Waals surface area contributed by atoms with E-state index in [2.05, 4.69) is 39.6 Å². The summed E-state index contributed by atoms with van der Waals surface area (Å²) in [5, 5.41) is 50.1. The maximum Gasteiger partial charge on any atom is 0.309 e. The van der Waals surface area contributed by atoms with Crippen molar-refractivity contribution >= 4 is 5.97 Å². The van der Waals surface area contributed by atoms with Gasteiger partial charge in [-0.25, -0.2) is 9.07 Å². The van der Waals surface area contributed by atoms with Gasteiger partial charge in [-0.3, -0.25) is 14.8 Å². The lowest BCUT2D eigenvalue weighted by molar-refractivity contribution is -0.277. The van der Waals surface area contributed by atoms with E-state index in [1.165, 1.54) is 0 Å². The highest BCUT2D eigenvalue weighted by Crippen LogP contribution is 2.47. The van der Waals surface area contributed by atoms with E-state index < -0.39 is 114 Å². The van der Waals surface area contributed by atoms with Crippen molar-refractivity contribution in [2.24, 2.45) is 28.6 Å².